The third kappa shape index (κ3) is 3.73. The van der Waals surface area contributed by atoms with Crippen LogP contribution >= 0.6 is 23.1 Å². The van der Waals surface area contributed by atoms with Gasteiger partial charge in [0, 0.05) is 28.1 Å². The second kappa shape index (κ2) is 7.27. The summed E-state index contributed by atoms with van der Waals surface area (Å²) in [6.07, 6.45) is 1.89. The number of carbonyl (C=O) groups is 1. The Morgan fingerprint density at radius 3 is 2.96 bits per heavy atom. The number of amides is 1. The van der Waals surface area contributed by atoms with Gasteiger partial charge in [0.1, 0.15) is 22.0 Å². The molecule has 0 saturated heterocycles. The van der Waals surface area contributed by atoms with E-state index in [9.17, 15) is 9.18 Å². The molecular weight excluding hydrogens is 345 g/mol. The molecule has 0 fully saturated rings. The van der Waals surface area contributed by atoms with Crippen LogP contribution in [0.15, 0.2) is 35.6 Å². The number of nitrogens with zero attached hydrogens (tertiary/aromatic N) is 2. The molecule has 0 aliphatic heterocycles. The Balaban J connectivity index is 1.61. The topological polar surface area (TPSA) is 54.9 Å². The number of thiophene rings is 1. The molecule has 7 heteroatoms. The predicted molar refractivity (Wildman–Crippen MR) is 97.3 cm³/mol. The number of aromatic nitrogens is 2. The first-order valence-corrected chi connectivity index (χ1v) is 9.23. The fourth-order valence-electron chi connectivity index (χ4n) is 2.29. The molecule has 4 nitrogen and oxygen atoms in total. The van der Waals surface area contributed by atoms with Crippen molar-refractivity contribution in [2.24, 2.45) is 0 Å². The maximum Gasteiger partial charge on any atom is 0.225 e. The lowest BCUT2D eigenvalue weighted by Gasteiger charge is -2.06. The SMILES string of the molecule is Cc1sc2ncnc(SCCC(=O)Nc3cccc(F)c3)c2c1C. The van der Waals surface area contributed by atoms with Gasteiger partial charge >= 0.3 is 0 Å². The minimum atomic E-state index is -0.367. The van der Waals surface area contributed by atoms with Crippen LogP contribution in [-0.4, -0.2) is 21.6 Å². The van der Waals surface area contributed by atoms with E-state index in [0.717, 1.165) is 15.2 Å². The first kappa shape index (κ1) is 16.9. The van der Waals surface area contributed by atoms with Crippen molar-refractivity contribution in [3.8, 4) is 0 Å². The Bertz CT molecular complexity index is 895. The summed E-state index contributed by atoms with van der Waals surface area (Å²) < 4.78 is 13.1. The third-order valence-electron chi connectivity index (χ3n) is 3.61. The quantitative estimate of drug-likeness (QED) is 0.534. The lowest BCUT2D eigenvalue weighted by atomic mass is 10.2. The van der Waals surface area contributed by atoms with Gasteiger partial charge in [-0.2, -0.15) is 0 Å². The van der Waals surface area contributed by atoms with Crippen molar-refractivity contribution >= 4 is 44.9 Å². The molecule has 2 aromatic heterocycles. The van der Waals surface area contributed by atoms with Gasteiger partial charge in [-0.25, -0.2) is 14.4 Å². The van der Waals surface area contributed by atoms with Gasteiger partial charge in [-0.3, -0.25) is 4.79 Å². The summed E-state index contributed by atoms with van der Waals surface area (Å²) in [6, 6.07) is 5.88. The van der Waals surface area contributed by atoms with Crippen molar-refractivity contribution < 1.29 is 9.18 Å². The average molecular weight is 361 g/mol. The summed E-state index contributed by atoms with van der Waals surface area (Å²) >= 11 is 3.20. The summed E-state index contributed by atoms with van der Waals surface area (Å²) in [5.41, 5.74) is 1.67. The van der Waals surface area contributed by atoms with Crippen LogP contribution in [0, 0.1) is 19.7 Å². The van der Waals surface area contributed by atoms with Crippen molar-refractivity contribution in [1.82, 2.24) is 9.97 Å². The molecule has 0 aliphatic carbocycles. The molecule has 24 heavy (non-hydrogen) atoms. The Labute approximate surface area is 147 Å². The molecule has 1 amide bonds. The van der Waals surface area contributed by atoms with Crippen molar-refractivity contribution in [1.29, 1.82) is 0 Å². The van der Waals surface area contributed by atoms with Crippen LogP contribution in [0.1, 0.15) is 16.9 Å². The summed E-state index contributed by atoms with van der Waals surface area (Å²) in [4.78, 5) is 22.8. The van der Waals surface area contributed by atoms with Crippen LogP contribution in [0.5, 0.6) is 0 Å². The Morgan fingerprint density at radius 1 is 1.33 bits per heavy atom. The number of carbonyl (C=O) groups excluding carboxylic acids is 1. The third-order valence-corrected chi connectivity index (χ3v) is 5.71. The largest absolute Gasteiger partial charge is 0.326 e. The zero-order valence-corrected chi connectivity index (χ0v) is 14.9. The van der Waals surface area contributed by atoms with Crippen LogP contribution in [0.3, 0.4) is 0 Å². The molecule has 124 valence electrons. The van der Waals surface area contributed by atoms with Gasteiger partial charge in [0.2, 0.25) is 5.91 Å². The van der Waals surface area contributed by atoms with Gasteiger partial charge in [-0.1, -0.05) is 6.07 Å². The van der Waals surface area contributed by atoms with Gasteiger partial charge in [0.15, 0.2) is 0 Å². The first-order chi connectivity index (χ1) is 11.5. The highest BCUT2D eigenvalue weighted by Crippen LogP contribution is 2.34. The fourth-order valence-corrected chi connectivity index (χ4v) is 4.35. The first-order valence-electron chi connectivity index (χ1n) is 7.43. The number of halogens is 1. The Hall–Kier alpha value is -1.99. The van der Waals surface area contributed by atoms with Crippen molar-refractivity contribution in [2.45, 2.75) is 25.3 Å². The number of rotatable bonds is 5. The molecule has 1 aromatic carbocycles. The monoisotopic (exact) mass is 361 g/mol. The van der Waals surface area contributed by atoms with E-state index in [1.165, 1.54) is 22.6 Å². The van der Waals surface area contributed by atoms with Gasteiger partial charge in [0.05, 0.1) is 0 Å². The molecule has 3 aromatic rings. The average Bonchev–Trinajstić information content (AvgIpc) is 2.83. The second-order valence-electron chi connectivity index (χ2n) is 5.30. The summed E-state index contributed by atoms with van der Waals surface area (Å²) in [5, 5.41) is 4.68. The molecule has 0 radical (unpaired) electrons. The fraction of sp³-hybridized carbons (Fsp3) is 0.235. The highest BCUT2D eigenvalue weighted by molar-refractivity contribution is 7.99. The van der Waals surface area contributed by atoms with E-state index in [1.807, 2.05) is 0 Å². The molecule has 0 saturated carbocycles. The number of nitrogens with one attached hydrogen (secondary N) is 1. The van der Waals surface area contributed by atoms with E-state index >= 15 is 0 Å². The van der Waals surface area contributed by atoms with Gasteiger partial charge in [0.25, 0.3) is 0 Å². The number of aryl methyl sites for hydroxylation is 2. The number of hydrogen-bond donors (Lipinski definition) is 1. The summed E-state index contributed by atoms with van der Waals surface area (Å²) in [5.74, 6) is 0.0900. The maximum atomic E-state index is 13.1. The zero-order valence-electron chi connectivity index (χ0n) is 13.3. The van der Waals surface area contributed by atoms with E-state index in [1.54, 1.807) is 41.6 Å². The van der Waals surface area contributed by atoms with Crippen molar-refractivity contribution in [2.75, 3.05) is 11.1 Å². The number of anilines is 1. The van der Waals surface area contributed by atoms with E-state index in [4.69, 9.17) is 0 Å². The molecule has 2 heterocycles. The standard InChI is InChI=1S/C17H16FN3OS2/c1-10-11(2)24-17-15(10)16(19-9-20-17)23-7-6-14(22)21-13-5-3-4-12(18)8-13/h3-5,8-9H,6-7H2,1-2H3,(H,21,22). The number of fused-ring (bicyclic) bond motifs is 1. The number of benzene rings is 1. The van der Waals surface area contributed by atoms with E-state index < -0.39 is 0 Å². The second-order valence-corrected chi connectivity index (χ2v) is 7.59. The van der Waals surface area contributed by atoms with Crippen molar-refractivity contribution in [3.05, 3.63) is 46.9 Å². The lowest BCUT2D eigenvalue weighted by Crippen LogP contribution is -2.12. The van der Waals surface area contributed by atoms with Crippen LogP contribution in [0.25, 0.3) is 10.2 Å². The number of hydrogen-bond acceptors (Lipinski definition) is 5. The van der Waals surface area contributed by atoms with Crippen LogP contribution < -0.4 is 5.32 Å². The molecule has 0 bridgehead atoms. The normalized spacial score (nSPS) is 11.0. The van der Waals surface area contributed by atoms with E-state index in [2.05, 4.69) is 29.1 Å². The molecule has 0 spiro atoms. The van der Waals surface area contributed by atoms with E-state index in [-0.39, 0.29) is 11.7 Å². The Morgan fingerprint density at radius 2 is 2.17 bits per heavy atom. The lowest BCUT2D eigenvalue weighted by molar-refractivity contribution is -0.115. The molecule has 0 aliphatic rings. The smallest absolute Gasteiger partial charge is 0.225 e. The molecular formula is C17H16FN3OS2. The minimum absolute atomic E-state index is 0.142. The number of thioether (sulfide) groups is 1. The van der Waals surface area contributed by atoms with Crippen LogP contribution in [0.2, 0.25) is 0 Å². The highest BCUT2D eigenvalue weighted by Gasteiger charge is 2.13. The van der Waals surface area contributed by atoms with Gasteiger partial charge < -0.3 is 5.32 Å². The van der Waals surface area contributed by atoms with Crippen LogP contribution in [0.4, 0.5) is 10.1 Å². The maximum absolute atomic E-state index is 13.1. The van der Waals surface area contributed by atoms with Gasteiger partial charge in [-0.15, -0.1) is 23.1 Å². The highest BCUT2D eigenvalue weighted by atomic mass is 32.2. The van der Waals surface area contributed by atoms with Gasteiger partial charge in [-0.05, 0) is 37.6 Å². The predicted octanol–water partition coefficient (Wildman–Crippen LogP) is 4.57. The van der Waals surface area contributed by atoms with E-state index in [0.29, 0.717) is 17.9 Å². The molecule has 3 rings (SSSR count). The zero-order chi connectivity index (χ0) is 17.1. The summed E-state index contributed by atoms with van der Waals surface area (Å²) in [6.45, 7) is 4.14. The summed E-state index contributed by atoms with van der Waals surface area (Å²) in [7, 11) is 0. The molecule has 0 atom stereocenters. The molecule has 0 unspecified atom stereocenters. The molecule has 1 N–H and O–H groups in total. The van der Waals surface area contributed by atoms with Crippen LogP contribution in [-0.2, 0) is 4.79 Å². The minimum Gasteiger partial charge on any atom is -0.326 e. The van der Waals surface area contributed by atoms with Crippen molar-refractivity contribution in [3.63, 3.8) is 0 Å². The Kier molecular flexibility index (Phi) is 5.11.